The maximum Gasteiger partial charge on any atom is 0.0658 e. The zero-order valence-electron chi connectivity index (χ0n) is 8.55. The Morgan fingerprint density at radius 1 is 1.38 bits per heavy atom. The Bertz CT molecular complexity index is 271. The van der Waals surface area contributed by atoms with Crippen LogP contribution < -0.4 is 5.32 Å². The van der Waals surface area contributed by atoms with Gasteiger partial charge in [0, 0.05) is 10.6 Å². The lowest BCUT2D eigenvalue weighted by molar-refractivity contribution is 1.13. The summed E-state index contributed by atoms with van der Waals surface area (Å²) in [5.41, 5.74) is 2.73. The molecule has 1 N–H and O–H groups in total. The van der Waals surface area contributed by atoms with Gasteiger partial charge in [0.15, 0.2) is 0 Å². The van der Waals surface area contributed by atoms with Crippen LogP contribution in [0.4, 0.5) is 5.69 Å². The molecule has 0 bridgehead atoms. The number of aryl methyl sites for hydroxylation is 1. The molecule has 1 aromatic carbocycles. The first kappa shape index (κ1) is 10.5. The monoisotopic (exact) mass is 195 g/mol. The van der Waals surface area contributed by atoms with Crippen LogP contribution in [-0.4, -0.2) is 5.88 Å². The van der Waals surface area contributed by atoms with Gasteiger partial charge in [0.25, 0.3) is 0 Å². The fraction of sp³-hybridized carbons (Fsp3) is 0.455. The summed E-state index contributed by atoms with van der Waals surface area (Å²) in [7, 11) is 0. The number of fused-ring (bicyclic) bond motifs is 1. The fourth-order valence-electron chi connectivity index (χ4n) is 1.24. The Kier molecular flexibility index (Phi) is 4.16. The zero-order valence-corrected chi connectivity index (χ0v) is 9.37. The van der Waals surface area contributed by atoms with E-state index in [1.807, 2.05) is 25.6 Å². The van der Waals surface area contributed by atoms with Crippen molar-refractivity contribution in [1.29, 1.82) is 0 Å². The van der Waals surface area contributed by atoms with Gasteiger partial charge in [0.2, 0.25) is 0 Å². The minimum atomic E-state index is 1.03. The highest BCUT2D eigenvalue weighted by Gasteiger charge is 2.09. The number of thioether (sulfide) groups is 1. The molecule has 13 heavy (non-hydrogen) atoms. The highest BCUT2D eigenvalue weighted by atomic mass is 32.2. The SMILES string of the molecule is CC.CCc1ccc2c(c1)SCN2. The van der Waals surface area contributed by atoms with E-state index in [1.54, 1.807) is 0 Å². The van der Waals surface area contributed by atoms with E-state index in [0.29, 0.717) is 0 Å². The maximum absolute atomic E-state index is 3.31. The predicted molar refractivity (Wildman–Crippen MR) is 61.5 cm³/mol. The normalized spacial score (nSPS) is 12.5. The molecule has 0 saturated heterocycles. The third-order valence-electron chi connectivity index (χ3n) is 1.94. The lowest BCUT2D eigenvalue weighted by atomic mass is 10.1. The number of hydrogen-bond donors (Lipinski definition) is 1. The molecule has 0 radical (unpaired) electrons. The highest BCUT2D eigenvalue weighted by molar-refractivity contribution is 7.99. The minimum absolute atomic E-state index is 1.03. The Morgan fingerprint density at radius 3 is 2.85 bits per heavy atom. The van der Waals surface area contributed by atoms with E-state index < -0.39 is 0 Å². The van der Waals surface area contributed by atoms with Gasteiger partial charge in [-0.25, -0.2) is 0 Å². The zero-order chi connectivity index (χ0) is 9.68. The number of hydrogen-bond acceptors (Lipinski definition) is 2. The number of nitrogens with one attached hydrogen (secondary N) is 1. The smallest absolute Gasteiger partial charge is 0.0658 e. The second-order valence-corrected chi connectivity index (χ2v) is 3.67. The molecule has 2 rings (SSSR count). The molecular formula is C11H17NS. The van der Waals surface area contributed by atoms with Gasteiger partial charge in [0.1, 0.15) is 0 Å². The van der Waals surface area contributed by atoms with Crippen molar-refractivity contribution in [2.45, 2.75) is 32.1 Å². The van der Waals surface area contributed by atoms with Gasteiger partial charge in [-0.15, -0.1) is 11.8 Å². The summed E-state index contributed by atoms with van der Waals surface area (Å²) < 4.78 is 0. The summed E-state index contributed by atoms with van der Waals surface area (Å²) in [6.07, 6.45) is 1.13. The van der Waals surface area contributed by atoms with Crippen molar-refractivity contribution in [3.05, 3.63) is 23.8 Å². The van der Waals surface area contributed by atoms with Crippen molar-refractivity contribution in [2.24, 2.45) is 0 Å². The number of rotatable bonds is 1. The number of benzene rings is 1. The fourth-order valence-corrected chi connectivity index (χ4v) is 2.16. The third kappa shape index (κ3) is 2.41. The van der Waals surface area contributed by atoms with Crippen LogP contribution in [0.5, 0.6) is 0 Å². The minimum Gasteiger partial charge on any atom is -0.375 e. The van der Waals surface area contributed by atoms with Crippen LogP contribution in [0, 0.1) is 0 Å². The molecule has 1 aliphatic rings. The summed E-state index contributed by atoms with van der Waals surface area (Å²) in [6.45, 7) is 6.19. The van der Waals surface area contributed by atoms with E-state index in [0.717, 1.165) is 12.3 Å². The van der Waals surface area contributed by atoms with Crippen LogP contribution in [0.25, 0.3) is 0 Å². The standard InChI is InChI=1S/C9H11NS.C2H6/c1-2-7-3-4-8-9(5-7)11-6-10-8;1-2/h3-5,10H,2,6H2,1H3;1-2H3. The van der Waals surface area contributed by atoms with E-state index in [2.05, 4.69) is 30.4 Å². The number of anilines is 1. The van der Waals surface area contributed by atoms with E-state index in [9.17, 15) is 0 Å². The molecule has 0 atom stereocenters. The van der Waals surface area contributed by atoms with Gasteiger partial charge in [-0.2, -0.15) is 0 Å². The van der Waals surface area contributed by atoms with E-state index in [1.165, 1.54) is 16.1 Å². The second-order valence-electron chi connectivity index (χ2n) is 2.65. The van der Waals surface area contributed by atoms with Gasteiger partial charge in [-0.05, 0) is 24.1 Å². The van der Waals surface area contributed by atoms with Gasteiger partial charge in [0.05, 0.1) is 5.88 Å². The molecule has 72 valence electrons. The third-order valence-corrected chi connectivity index (χ3v) is 2.88. The molecule has 0 aliphatic carbocycles. The van der Waals surface area contributed by atoms with Crippen molar-refractivity contribution in [3.8, 4) is 0 Å². The first-order valence-electron chi connectivity index (χ1n) is 4.90. The van der Waals surface area contributed by atoms with Crippen LogP contribution in [0.2, 0.25) is 0 Å². The van der Waals surface area contributed by atoms with E-state index in [4.69, 9.17) is 0 Å². The molecule has 1 nitrogen and oxygen atoms in total. The molecule has 0 unspecified atom stereocenters. The van der Waals surface area contributed by atoms with Crippen LogP contribution in [0.3, 0.4) is 0 Å². The summed E-state index contributed by atoms with van der Waals surface area (Å²) in [5.74, 6) is 1.03. The van der Waals surface area contributed by atoms with Crippen molar-refractivity contribution < 1.29 is 0 Å². The molecule has 0 amide bonds. The average Bonchev–Trinajstić information content (AvgIpc) is 2.67. The van der Waals surface area contributed by atoms with Crippen molar-refractivity contribution in [2.75, 3.05) is 11.2 Å². The van der Waals surface area contributed by atoms with Crippen molar-refractivity contribution in [1.82, 2.24) is 0 Å². The van der Waals surface area contributed by atoms with Crippen molar-refractivity contribution in [3.63, 3.8) is 0 Å². The summed E-state index contributed by atoms with van der Waals surface area (Å²) in [5, 5.41) is 3.31. The lowest BCUT2D eigenvalue weighted by Crippen LogP contribution is -1.88. The summed E-state index contributed by atoms with van der Waals surface area (Å²) in [4.78, 5) is 1.41. The maximum atomic E-state index is 3.31. The van der Waals surface area contributed by atoms with Gasteiger partial charge in [-0.3, -0.25) is 0 Å². The summed E-state index contributed by atoms with van der Waals surface area (Å²) in [6, 6.07) is 6.64. The van der Waals surface area contributed by atoms with E-state index in [-0.39, 0.29) is 0 Å². The molecule has 1 heterocycles. The van der Waals surface area contributed by atoms with Crippen LogP contribution in [-0.2, 0) is 6.42 Å². The molecule has 0 fully saturated rings. The largest absolute Gasteiger partial charge is 0.375 e. The first-order chi connectivity index (χ1) is 6.40. The van der Waals surface area contributed by atoms with E-state index >= 15 is 0 Å². The molecule has 2 heteroatoms. The molecule has 1 aliphatic heterocycles. The van der Waals surface area contributed by atoms with Gasteiger partial charge < -0.3 is 5.32 Å². The quantitative estimate of drug-likeness (QED) is 0.732. The molecular weight excluding hydrogens is 178 g/mol. The Balaban J connectivity index is 0.000000396. The Hall–Kier alpha value is -0.630. The highest BCUT2D eigenvalue weighted by Crippen LogP contribution is 2.33. The van der Waals surface area contributed by atoms with Crippen LogP contribution in [0.15, 0.2) is 23.1 Å². The first-order valence-corrected chi connectivity index (χ1v) is 5.88. The molecule has 0 saturated carbocycles. The topological polar surface area (TPSA) is 12.0 Å². The van der Waals surface area contributed by atoms with Crippen molar-refractivity contribution >= 4 is 17.4 Å². The van der Waals surface area contributed by atoms with Gasteiger partial charge >= 0.3 is 0 Å². The lowest BCUT2D eigenvalue weighted by Gasteiger charge is -2.00. The Labute approximate surface area is 84.9 Å². The van der Waals surface area contributed by atoms with Crippen LogP contribution in [0.1, 0.15) is 26.3 Å². The molecule has 1 aromatic rings. The molecule has 0 aromatic heterocycles. The van der Waals surface area contributed by atoms with Gasteiger partial charge in [-0.1, -0.05) is 26.8 Å². The second kappa shape index (κ2) is 5.18. The van der Waals surface area contributed by atoms with Crippen LogP contribution >= 0.6 is 11.8 Å². The molecule has 0 spiro atoms. The Morgan fingerprint density at radius 2 is 2.15 bits per heavy atom. The predicted octanol–water partition coefficient (Wildman–Crippen LogP) is 3.75. The summed E-state index contributed by atoms with van der Waals surface area (Å²) >= 11 is 1.89. The average molecular weight is 195 g/mol.